The number of nitrogens with zero attached hydrogens (tertiary/aromatic N) is 1. The molecule has 0 radical (unpaired) electrons. The third-order valence-electron chi connectivity index (χ3n) is 6.12. The van der Waals surface area contributed by atoms with Crippen molar-refractivity contribution in [3.63, 3.8) is 0 Å². The average molecular weight is 491 g/mol. The largest absolute Gasteiger partial charge is 0.350 e. The normalized spacial score (nSPS) is 11.9. The zero-order valence-electron chi connectivity index (χ0n) is 19.2. The highest BCUT2D eigenvalue weighted by Crippen LogP contribution is 2.45. The van der Waals surface area contributed by atoms with Crippen molar-refractivity contribution in [1.29, 1.82) is 0 Å². The molecule has 0 heterocycles. The molecule has 2 amide bonds. The molecule has 0 bridgehead atoms. The van der Waals surface area contributed by atoms with Crippen molar-refractivity contribution in [3.8, 4) is 0 Å². The van der Waals surface area contributed by atoms with Crippen molar-refractivity contribution in [3.05, 3.63) is 146 Å². The van der Waals surface area contributed by atoms with Crippen molar-refractivity contribution in [2.75, 3.05) is 0 Å². The predicted octanol–water partition coefficient (Wildman–Crippen LogP) is 2.45. The zero-order valence-corrected chi connectivity index (χ0v) is 20.1. The number of primary amides is 1. The van der Waals surface area contributed by atoms with E-state index in [1.54, 1.807) is 24.3 Å². The molecule has 0 saturated heterocycles. The Morgan fingerprint density at radius 1 is 0.611 bits per heavy atom. The predicted molar refractivity (Wildman–Crippen MR) is 146 cm³/mol. The summed E-state index contributed by atoms with van der Waals surface area (Å²) in [5, 5.41) is 7.34. The second-order valence-electron chi connectivity index (χ2n) is 8.17. The highest BCUT2D eigenvalue weighted by Gasteiger charge is 2.29. The number of nitrogens with one attached hydrogen (secondary N) is 1. The molecule has 176 valence electrons. The van der Waals surface area contributed by atoms with Crippen molar-refractivity contribution < 1.29 is 4.79 Å². The Balaban J connectivity index is 2.23. The Morgan fingerprint density at radius 2 is 1.03 bits per heavy atom. The molecular weight excluding hydrogens is 469 g/mol. The molecule has 0 atom stereocenters. The summed E-state index contributed by atoms with van der Waals surface area (Å²) in [6.07, 6.45) is 0. The minimum atomic E-state index is -2.99. The molecule has 5 aromatic rings. The Hall–Kier alpha value is -4.54. The molecule has 0 aliphatic heterocycles. The standard InChI is InChI=1S/C29H22N3O3P/c30-29(35)32-31-25-23-18-10-11-19-24(23)26(33)28(27(25)34)36(20-12-4-1-5-13-20,21-14-6-2-7-15-21)22-16-8-3-9-17-22/h1-19H,(H3,30,32,35). The molecule has 36 heavy (non-hydrogen) atoms. The van der Waals surface area contributed by atoms with Crippen LogP contribution in [0.4, 0.5) is 4.79 Å². The van der Waals surface area contributed by atoms with Gasteiger partial charge in [-0.05, 0) is 22.8 Å². The summed E-state index contributed by atoms with van der Waals surface area (Å²) in [4.78, 5) is 40.2. The van der Waals surface area contributed by atoms with Crippen LogP contribution in [0.2, 0.25) is 0 Å². The first-order valence-electron chi connectivity index (χ1n) is 11.3. The van der Waals surface area contributed by atoms with Gasteiger partial charge in [0.1, 0.15) is 5.36 Å². The monoisotopic (exact) mass is 491 g/mol. The number of fused-ring (bicyclic) bond motifs is 1. The zero-order chi connectivity index (χ0) is 25.1. The summed E-state index contributed by atoms with van der Waals surface area (Å²) in [6, 6.07) is 34.8. The van der Waals surface area contributed by atoms with E-state index in [4.69, 9.17) is 5.73 Å². The molecule has 5 aromatic carbocycles. The summed E-state index contributed by atoms with van der Waals surface area (Å²) < 4.78 is 0. The van der Waals surface area contributed by atoms with E-state index in [-0.39, 0.29) is 15.7 Å². The number of carbonyl (C=O) groups excluding carboxylic acids is 1. The van der Waals surface area contributed by atoms with Gasteiger partial charge in [0.25, 0.3) is 0 Å². The van der Waals surface area contributed by atoms with Gasteiger partial charge in [0, 0.05) is 10.8 Å². The lowest BCUT2D eigenvalue weighted by Gasteiger charge is -2.28. The Kier molecular flexibility index (Phi) is 6.19. The number of carbonyl (C=O) groups is 1. The third-order valence-corrected chi connectivity index (χ3v) is 10.4. The van der Waals surface area contributed by atoms with Crippen LogP contribution in [0.5, 0.6) is 0 Å². The second-order valence-corrected chi connectivity index (χ2v) is 11.5. The van der Waals surface area contributed by atoms with E-state index < -0.39 is 18.3 Å². The van der Waals surface area contributed by atoms with Crippen LogP contribution in [-0.2, 0) is 0 Å². The molecule has 0 spiro atoms. The van der Waals surface area contributed by atoms with Crippen LogP contribution in [-0.4, -0.2) is 6.03 Å². The number of nitrogens with two attached hydrogens (primary N) is 1. The quantitative estimate of drug-likeness (QED) is 0.298. The van der Waals surface area contributed by atoms with Crippen molar-refractivity contribution >= 4 is 39.6 Å². The van der Waals surface area contributed by atoms with Crippen molar-refractivity contribution in [1.82, 2.24) is 5.43 Å². The Labute approximate surface area is 206 Å². The SMILES string of the molecule is NC(=O)NN=c1c(=O)c(=P(c2ccccc2)(c2ccccc2)c2ccccc2)c(=O)c2ccccc12. The van der Waals surface area contributed by atoms with Gasteiger partial charge in [-0.2, -0.15) is 5.10 Å². The molecule has 0 aliphatic carbocycles. The molecular formula is C29H22N3O3P. The fraction of sp³-hybridized carbons (Fsp3) is 0. The van der Waals surface area contributed by atoms with Gasteiger partial charge in [0.2, 0.25) is 5.43 Å². The molecule has 0 unspecified atom stereocenters. The minimum Gasteiger partial charge on any atom is -0.350 e. The van der Waals surface area contributed by atoms with E-state index in [0.29, 0.717) is 10.8 Å². The maximum absolute atomic E-state index is 14.3. The topological polar surface area (TPSA) is 102 Å². The first-order valence-corrected chi connectivity index (χ1v) is 13.1. The molecule has 0 saturated carbocycles. The molecule has 0 aromatic heterocycles. The van der Waals surface area contributed by atoms with E-state index in [0.717, 1.165) is 15.9 Å². The smallest absolute Gasteiger partial charge is 0.332 e. The van der Waals surface area contributed by atoms with Gasteiger partial charge >= 0.3 is 6.03 Å². The summed E-state index contributed by atoms with van der Waals surface area (Å²) in [6.45, 7) is -2.99. The Morgan fingerprint density at radius 3 is 1.47 bits per heavy atom. The fourth-order valence-corrected chi connectivity index (χ4v) is 9.03. The molecule has 5 rings (SSSR count). The molecule has 7 heteroatoms. The van der Waals surface area contributed by atoms with Crippen molar-refractivity contribution in [2.24, 2.45) is 10.8 Å². The fourth-order valence-electron chi connectivity index (χ4n) is 4.67. The van der Waals surface area contributed by atoms with Crippen LogP contribution < -0.4 is 43.3 Å². The second kappa shape index (κ2) is 9.61. The molecule has 6 nitrogen and oxygen atoms in total. The summed E-state index contributed by atoms with van der Waals surface area (Å²) >= 11 is 0. The number of amides is 2. The number of hydrogen-bond donors (Lipinski definition) is 2. The minimum absolute atomic E-state index is 0.0221. The van der Waals surface area contributed by atoms with Gasteiger partial charge in [0.15, 0.2) is 5.43 Å². The number of hydrogen-bond acceptors (Lipinski definition) is 4. The van der Waals surface area contributed by atoms with Crippen molar-refractivity contribution in [2.45, 2.75) is 0 Å². The maximum Gasteiger partial charge on any atom is 0.332 e. The van der Waals surface area contributed by atoms with E-state index in [1.807, 2.05) is 91.0 Å². The highest BCUT2D eigenvalue weighted by molar-refractivity contribution is 7.89. The van der Waals surface area contributed by atoms with Crippen LogP contribution in [0.1, 0.15) is 0 Å². The lowest BCUT2D eigenvalue weighted by atomic mass is 10.1. The summed E-state index contributed by atoms with van der Waals surface area (Å²) in [5.41, 5.74) is 6.57. The first kappa shape index (κ1) is 23.2. The van der Waals surface area contributed by atoms with Gasteiger partial charge < -0.3 is 5.73 Å². The lowest BCUT2D eigenvalue weighted by Crippen LogP contribution is -2.39. The number of rotatable bonds is 4. The van der Waals surface area contributed by atoms with Crippen LogP contribution in [0.15, 0.2) is 130 Å². The van der Waals surface area contributed by atoms with Gasteiger partial charge in [-0.15, -0.1) is 0 Å². The number of urea groups is 1. The van der Waals surface area contributed by atoms with Crippen LogP contribution >= 0.6 is 6.89 Å². The van der Waals surface area contributed by atoms with E-state index in [9.17, 15) is 14.4 Å². The van der Waals surface area contributed by atoms with Crippen LogP contribution in [0.25, 0.3) is 10.8 Å². The van der Waals surface area contributed by atoms with Gasteiger partial charge in [0.05, 0.1) is 4.94 Å². The van der Waals surface area contributed by atoms with Crippen LogP contribution in [0, 0.1) is 4.94 Å². The third kappa shape index (κ3) is 3.78. The highest BCUT2D eigenvalue weighted by atomic mass is 31.2. The summed E-state index contributed by atoms with van der Waals surface area (Å²) in [5.74, 6) is 0. The van der Waals surface area contributed by atoms with Crippen LogP contribution in [0.3, 0.4) is 0 Å². The lowest BCUT2D eigenvalue weighted by molar-refractivity contribution is 0.249. The average Bonchev–Trinajstić information content (AvgIpc) is 2.92. The van der Waals surface area contributed by atoms with E-state index in [2.05, 4.69) is 10.5 Å². The van der Waals surface area contributed by atoms with Gasteiger partial charge in [-0.3, -0.25) is 9.59 Å². The Bertz CT molecular complexity index is 1730. The first-order chi connectivity index (χ1) is 17.5. The van der Waals surface area contributed by atoms with Gasteiger partial charge in [-0.1, -0.05) is 115 Å². The molecule has 0 aliphatic rings. The molecule has 0 fully saturated rings. The maximum atomic E-state index is 14.3. The summed E-state index contributed by atoms with van der Waals surface area (Å²) in [7, 11) is 0. The van der Waals surface area contributed by atoms with E-state index >= 15 is 0 Å². The number of benzene rings is 5. The van der Waals surface area contributed by atoms with Gasteiger partial charge in [-0.25, -0.2) is 10.2 Å². The van der Waals surface area contributed by atoms with E-state index in [1.165, 1.54) is 0 Å². The molecule has 3 N–H and O–H groups in total.